The lowest BCUT2D eigenvalue weighted by atomic mass is 10.0. The van der Waals surface area contributed by atoms with Crippen molar-refractivity contribution in [3.05, 3.63) is 15.6 Å². The third-order valence-electron chi connectivity index (χ3n) is 5.83. The predicted molar refractivity (Wildman–Crippen MR) is 142 cm³/mol. The molecule has 0 radical (unpaired) electrons. The summed E-state index contributed by atoms with van der Waals surface area (Å²) in [5, 5.41) is 4.64. The normalized spacial score (nSPS) is 17.7. The van der Waals surface area contributed by atoms with Gasteiger partial charge in [-0.15, -0.1) is 35.3 Å². The number of guanidine groups is 1. The van der Waals surface area contributed by atoms with E-state index in [4.69, 9.17) is 4.74 Å². The van der Waals surface area contributed by atoms with E-state index in [-0.39, 0.29) is 36.1 Å². The Kier molecular flexibility index (Phi) is 10.1. The number of aromatic nitrogens is 1. The van der Waals surface area contributed by atoms with Gasteiger partial charge in [0, 0.05) is 50.6 Å². The summed E-state index contributed by atoms with van der Waals surface area (Å²) in [5.41, 5.74) is 0.679. The number of hydrogen-bond donors (Lipinski definition) is 1. The van der Waals surface area contributed by atoms with Gasteiger partial charge in [0.25, 0.3) is 0 Å². The molecule has 1 aromatic heterocycles. The maximum Gasteiger partial charge on any atom is 0.410 e. The zero-order valence-corrected chi connectivity index (χ0v) is 23.6. The van der Waals surface area contributed by atoms with Crippen molar-refractivity contribution in [3.8, 4) is 0 Å². The summed E-state index contributed by atoms with van der Waals surface area (Å²) < 4.78 is 5.72. The van der Waals surface area contributed by atoms with Gasteiger partial charge in [-0.3, -0.25) is 4.99 Å². The van der Waals surface area contributed by atoms with E-state index in [1.165, 1.54) is 17.7 Å². The van der Waals surface area contributed by atoms with Gasteiger partial charge in [0.1, 0.15) is 5.60 Å². The van der Waals surface area contributed by atoms with Crippen molar-refractivity contribution in [1.29, 1.82) is 0 Å². The highest BCUT2D eigenvalue weighted by Gasteiger charge is 2.35. The van der Waals surface area contributed by atoms with Crippen LogP contribution >= 0.6 is 35.3 Å². The topological polar surface area (TPSA) is 70.1 Å². The Morgan fingerprint density at radius 3 is 2.41 bits per heavy atom. The Morgan fingerprint density at radius 1 is 1.25 bits per heavy atom. The highest BCUT2D eigenvalue weighted by molar-refractivity contribution is 14.0. The molecule has 0 bridgehead atoms. The van der Waals surface area contributed by atoms with E-state index in [1.54, 1.807) is 11.3 Å². The summed E-state index contributed by atoms with van der Waals surface area (Å²) in [6.45, 7) is 13.4. The number of likely N-dealkylation sites (tertiary alicyclic amines) is 1. The monoisotopic (exact) mass is 577 g/mol. The molecule has 1 amide bonds. The quantitative estimate of drug-likeness (QED) is 0.304. The number of rotatable bonds is 6. The highest BCUT2D eigenvalue weighted by Crippen LogP contribution is 2.32. The number of halogens is 1. The Hall–Kier alpha value is -1.10. The lowest BCUT2D eigenvalue weighted by Gasteiger charge is -2.40. The summed E-state index contributed by atoms with van der Waals surface area (Å²) in [6.07, 6.45) is 5.15. The molecule has 9 heteroatoms. The van der Waals surface area contributed by atoms with Crippen LogP contribution < -0.4 is 5.32 Å². The number of aryl methyl sites for hydroxylation is 2. The van der Waals surface area contributed by atoms with Gasteiger partial charge in [-0.2, -0.15) is 0 Å². The fraction of sp³-hybridized carbons (Fsp3) is 0.783. The van der Waals surface area contributed by atoms with E-state index < -0.39 is 5.60 Å². The Bertz CT molecular complexity index is 780. The van der Waals surface area contributed by atoms with E-state index in [0.29, 0.717) is 5.92 Å². The molecule has 2 aliphatic rings. The van der Waals surface area contributed by atoms with Crippen LogP contribution in [0.1, 0.15) is 62.0 Å². The lowest BCUT2D eigenvalue weighted by molar-refractivity contribution is 0.00928. The minimum Gasteiger partial charge on any atom is -0.444 e. The van der Waals surface area contributed by atoms with Gasteiger partial charge < -0.3 is 19.9 Å². The summed E-state index contributed by atoms with van der Waals surface area (Å²) in [7, 11) is 1.84. The SMILES string of the molecule is CN=C(NCCc1sc(C)nc1C)N1CCC(N(CC2CC2)C(=O)OC(C)(C)C)CC1.I. The van der Waals surface area contributed by atoms with Crippen LogP contribution in [-0.2, 0) is 11.2 Å². The van der Waals surface area contributed by atoms with Crippen LogP contribution in [0.2, 0.25) is 0 Å². The first kappa shape index (κ1) is 27.1. The third kappa shape index (κ3) is 8.04. The van der Waals surface area contributed by atoms with Gasteiger partial charge in [-0.05, 0) is 66.2 Å². The minimum absolute atomic E-state index is 0. The maximum atomic E-state index is 12.8. The standard InChI is InChI=1S/C23H39N5O2S.HI/c1-16-20(31-17(2)26-16)9-12-25-21(24-6)27-13-10-19(11-14-27)28(15-18-7-8-18)22(29)30-23(3,4)5;/h18-19H,7-15H2,1-6H3,(H,24,25);1H. The Labute approximate surface area is 214 Å². The van der Waals surface area contributed by atoms with Crippen LogP contribution in [0.4, 0.5) is 4.79 Å². The number of thiazole rings is 1. The zero-order chi connectivity index (χ0) is 22.6. The summed E-state index contributed by atoms with van der Waals surface area (Å²) in [5.74, 6) is 1.60. The van der Waals surface area contributed by atoms with Crippen molar-refractivity contribution >= 4 is 47.4 Å². The van der Waals surface area contributed by atoms with E-state index in [2.05, 4.69) is 34.0 Å². The molecule has 1 saturated heterocycles. The van der Waals surface area contributed by atoms with E-state index in [1.807, 2.05) is 32.7 Å². The molecule has 1 aliphatic heterocycles. The number of amides is 1. The van der Waals surface area contributed by atoms with Crippen molar-refractivity contribution in [2.45, 2.75) is 78.4 Å². The predicted octanol–water partition coefficient (Wildman–Crippen LogP) is 4.61. The van der Waals surface area contributed by atoms with Gasteiger partial charge in [0.15, 0.2) is 5.96 Å². The number of ether oxygens (including phenoxy) is 1. The second kappa shape index (κ2) is 11.9. The average Bonchev–Trinajstić information content (AvgIpc) is 3.46. The molecule has 1 aliphatic carbocycles. The molecule has 0 spiro atoms. The first-order valence-electron chi connectivity index (χ1n) is 11.5. The number of piperidine rings is 1. The number of carbonyl (C=O) groups is 1. The maximum absolute atomic E-state index is 12.8. The third-order valence-corrected chi connectivity index (χ3v) is 6.96. The number of aliphatic imine (C=N–C) groups is 1. The van der Waals surface area contributed by atoms with Crippen molar-refractivity contribution in [1.82, 2.24) is 20.1 Å². The Balaban J connectivity index is 0.00000363. The number of nitrogens with one attached hydrogen (secondary N) is 1. The molecule has 1 N–H and O–H groups in total. The molecule has 0 unspecified atom stereocenters. The van der Waals surface area contributed by atoms with Crippen LogP contribution in [0.5, 0.6) is 0 Å². The van der Waals surface area contributed by atoms with Gasteiger partial charge in [-0.25, -0.2) is 9.78 Å². The van der Waals surface area contributed by atoms with Crippen molar-refractivity contribution < 1.29 is 9.53 Å². The largest absolute Gasteiger partial charge is 0.444 e. The molecule has 0 aromatic carbocycles. The smallest absolute Gasteiger partial charge is 0.410 e. The fourth-order valence-corrected chi connectivity index (χ4v) is 5.02. The van der Waals surface area contributed by atoms with Crippen LogP contribution in [0, 0.1) is 19.8 Å². The summed E-state index contributed by atoms with van der Waals surface area (Å²) >= 11 is 1.78. The molecule has 32 heavy (non-hydrogen) atoms. The average molecular weight is 578 g/mol. The lowest BCUT2D eigenvalue weighted by Crippen LogP contribution is -2.52. The number of nitrogens with zero attached hydrogens (tertiary/aromatic N) is 4. The van der Waals surface area contributed by atoms with E-state index >= 15 is 0 Å². The first-order valence-corrected chi connectivity index (χ1v) is 12.4. The number of hydrogen-bond acceptors (Lipinski definition) is 5. The molecule has 7 nitrogen and oxygen atoms in total. The zero-order valence-electron chi connectivity index (χ0n) is 20.4. The van der Waals surface area contributed by atoms with Gasteiger partial charge in [0.2, 0.25) is 0 Å². The van der Waals surface area contributed by atoms with Crippen molar-refractivity contribution in [3.63, 3.8) is 0 Å². The molecule has 2 fully saturated rings. The van der Waals surface area contributed by atoms with Crippen LogP contribution in [0.15, 0.2) is 4.99 Å². The van der Waals surface area contributed by atoms with Gasteiger partial charge in [-0.1, -0.05) is 0 Å². The Morgan fingerprint density at radius 2 is 1.91 bits per heavy atom. The molecule has 182 valence electrons. The highest BCUT2D eigenvalue weighted by atomic mass is 127. The van der Waals surface area contributed by atoms with Crippen molar-refractivity contribution in [2.24, 2.45) is 10.9 Å². The van der Waals surface area contributed by atoms with Crippen LogP contribution in [-0.4, -0.2) is 71.7 Å². The summed E-state index contributed by atoms with van der Waals surface area (Å²) in [4.78, 5) is 27.5. The van der Waals surface area contributed by atoms with Crippen LogP contribution in [0.25, 0.3) is 0 Å². The molecule has 0 atom stereocenters. The molecular formula is C23H40IN5O2S. The second-order valence-corrected chi connectivity index (χ2v) is 11.0. The number of carbonyl (C=O) groups excluding carboxylic acids is 1. The summed E-state index contributed by atoms with van der Waals surface area (Å²) in [6, 6.07) is 0.243. The molecule has 1 aromatic rings. The molecule has 1 saturated carbocycles. The minimum atomic E-state index is -0.458. The van der Waals surface area contributed by atoms with Gasteiger partial charge >= 0.3 is 6.09 Å². The second-order valence-electron chi connectivity index (χ2n) is 9.76. The van der Waals surface area contributed by atoms with Gasteiger partial charge in [0.05, 0.1) is 10.7 Å². The van der Waals surface area contributed by atoms with Crippen molar-refractivity contribution in [2.75, 3.05) is 33.2 Å². The molecule has 2 heterocycles. The van der Waals surface area contributed by atoms with Crippen LogP contribution in [0.3, 0.4) is 0 Å². The fourth-order valence-electron chi connectivity index (χ4n) is 4.09. The van der Waals surface area contributed by atoms with E-state index in [9.17, 15) is 4.79 Å². The molecular weight excluding hydrogens is 537 g/mol. The van der Waals surface area contributed by atoms with E-state index in [0.717, 1.165) is 62.1 Å². The first-order chi connectivity index (χ1) is 14.7. The molecule has 3 rings (SSSR count).